The maximum atomic E-state index is 12.9. The van der Waals surface area contributed by atoms with E-state index < -0.39 is 11.9 Å². The number of hydrogen-bond acceptors (Lipinski definition) is 5. The van der Waals surface area contributed by atoms with Crippen LogP contribution in [0.25, 0.3) is 11.1 Å². The van der Waals surface area contributed by atoms with E-state index in [0.717, 1.165) is 16.7 Å². The number of nitrogens with zero attached hydrogens (tertiary/aromatic N) is 1. The lowest BCUT2D eigenvalue weighted by Crippen LogP contribution is -2.36. The van der Waals surface area contributed by atoms with Crippen LogP contribution in [-0.4, -0.2) is 35.7 Å². The molecule has 0 atom stereocenters. The maximum absolute atomic E-state index is 12.9. The monoisotopic (exact) mass is 419 g/mol. The summed E-state index contributed by atoms with van der Waals surface area (Å²) >= 11 is 0. The van der Waals surface area contributed by atoms with E-state index in [4.69, 9.17) is 0 Å². The van der Waals surface area contributed by atoms with Gasteiger partial charge in [-0.3, -0.25) is 19.3 Å². The zero-order valence-electron chi connectivity index (χ0n) is 17.2. The number of methoxy groups -OCH3 is 1. The molecule has 0 aliphatic carbocycles. The molecule has 8 heteroatoms. The Balaban J connectivity index is 1.76. The van der Waals surface area contributed by atoms with Gasteiger partial charge in [-0.25, -0.2) is 4.79 Å². The fourth-order valence-corrected chi connectivity index (χ4v) is 3.15. The molecule has 3 rings (SSSR count). The largest absolute Gasteiger partial charge is 0.464 e. The number of nitrogens with one attached hydrogen (secondary N) is 2. The molecule has 0 spiro atoms. The molecule has 0 aromatic heterocycles. The highest BCUT2D eigenvalue weighted by Gasteiger charge is 2.32. The Bertz CT molecular complexity index is 1120. The molecule has 1 aliphatic heterocycles. The predicted octanol–water partition coefficient (Wildman–Crippen LogP) is 2.58. The van der Waals surface area contributed by atoms with Crippen LogP contribution >= 0.6 is 0 Å². The van der Waals surface area contributed by atoms with Crippen molar-refractivity contribution in [3.05, 3.63) is 78.1 Å². The van der Waals surface area contributed by atoms with Gasteiger partial charge in [0.15, 0.2) is 0 Å². The minimum absolute atomic E-state index is 0.104. The first-order valence-electron chi connectivity index (χ1n) is 9.31. The lowest BCUT2D eigenvalue weighted by molar-refractivity contribution is -0.137. The third-order valence-electron chi connectivity index (χ3n) is 4.74. The van der Waals surface area contributed by atoms with E-state index in [1.807, 2.05) is 24.3 Å². The highest BCUT2D eigenvalue weighted by atomic mass is 16.5. The second-order valence-corrected chi connectivity index (χ2v) is 6.89. The first kappa shape index (κ1) is 21.5. The minimum Gasteiger partial charge on any atom is -0.464 e. The molecule has 2 N–H and O–H groups in total. The van der Waals surface area contributed by atoms with E-state index in [0.29, 0.717) is 11.3 Å². The van der Waals surface area contributed by atoms with Crippen molar-refractivity contribution >= 4 is 29.4 Å². The molecule has 0 radical (unpaired) electrons. The Morgan fingerprint density at radius 1 is 1.03 bits per heavy atom. The van der Waals surface area contributed by atoms with Crippen molar-refractivity contribution in [3.8, 4) is 11.1 Å². The minimum atomic E-state index is -0.786. The summed E-state index contributed by atoms with van der Waals surface area (Å²) in [6, 6.07) is 12.7. The summed E-state index contributed by atoms with van der Waals surface area (Å²) in [6.07, 6.45) is 0. The zero-order valence-corrected chi connectivity index (χ0v) is 17.2. The quantitative estimate of drug-likeness (QED) is 0.553. The summed E-state index contributed by atoms with van der Waals surface area (Å²) in [5.41, 5.74) is 3.23. The number of ether oxygens (including phenoxy) is 1. The molecule has 0 fully saturated rings. The van der Waals surface area contributed by atoms with Crippen LogP contribution in [-0.2, 0) is 25.7 Å². The third kappa shape index (κ3) is 4.53. The van der Waals surface area contributed by atoms with Gasteiger partial charge >= 0.3 is 5.97 Å². The van der Waals surface area contributed by atoms with E-state index in [2.05, 4.69) is 28.5 Å². The Hall–Kier alpha value is -4.20. The summed E-state index contributed by atoms with van der Waals surface area (Å²) in [5.74, 6) is -2.03. The van der Waals surface area contributed by atoms with E-state index in [1.54, 1.807) is 18.2 Å². The smallest absolute Gasteiger partial charge is 0.353 e. The lowest BCUT2D eigenvalue weighted by Gasteiger charge is -2.18. The van der Waals surface area contributed by atoms with Gasteiger partial charge < -0.3 is 15.4 Å². The van der Waals surface area contributed by atoms with Gasteiger partial charge in [0, 0.05) is 18.2 Å². The summed E-state index contributed by atoms with van der Waals surface area (Å²) in [5, 5.41) is 4.98. The molecule has 31 heavy (non-hydrogen) atoms. The fraction of sp³-hybridized carbons (Fsp3) is 0.130. The van der Waals surface area contributed by atoms with Crippen molar-refractivity contribution in [2.75, 3.05) is 12.4 Å². The van der Waals surface area contributed by atoms with E-state index in [9.17, 15) is 19.2 Å². The van der Waals surface area contributed by atoms with Crippen molar-refractivity contribution < 1.29 is 23.9 Å². The Labute approximate surface area is 179 Å². The molecule has 1 aliphatic rings. The number of rotatable bonds is 6. The Morgan fingerprint density at radius 3 is 2.29 bits per heavy atom. The molecule has 2 aromatic carbocycles. The van der Waals surface area contributed by atoms with Crippen molar-refractivity contribution in [3.63, 3.8) is 0 Å². The van der Waals surface area contributed by atoms with Gasteiger partial charge in [0.25, 0.3) is 11.8 Å². The number of anilines is 1. The van der Waals surface area contributed by atoms with Gasteiger partial charge in [0.05, 0.1) is 13.7 Å². The summed E-state index contributed by atoms with van der Waals surface area (Å²) < 4.78 is 4.49. The highest BCUT2D eigenvalue weighted by molar-refractivity contribution is 6.07. The molecule has 0 saturated carbocycles. The third-order valence-corrected chi connectivity index (χ3v) is 4.74. The Morgan fingerprint density at radius 2 is 1.68 bits per heavy atom. The molecular weight excluding hydrogens is 398 g/mol. The number of esters is 1. The van der Waals surface area contributed by atoms with Crippen LogP contribution < -0.4 is 10.6 Å². The second kappa shape index (κ2) is 8.66. The van der Waals surface area contributed by atoms with Crippen LogP contribution in [0.1, 0.15) is 22.8 Å². The summed E-state index contributed by atoms with van der Waals surface area (Å²) in [4.78, 5) is 49.1. The van der Waals surface area contributed by atoms with Crippen molar-refractivity contribution in [2.24, 2.45) is 0 Å². The van der Waals surface area contributed by atoms with E-state index in [1.165, 1.54) is 18.9 Å². The highest BCUT2D eigenvalue weighted by Crippen LogP contribution is 2.30. The van der Waals surface area contributed by atoms with Crippen LogP contribution in [0.3, 0.4) is 0 Å². The molecule has 0 saturated heterocycles. The summed E-state index contributed by atoms with van der Waals surface area (Å²) in [7, 11) is 1.17. The number of carbonyl (C=O) groups is 4. The van der Waals surface area contributed by atoms with Gasteiger partial charge in [-0.15, -0.1) is 0 Å². The number of carbonyl (C=O) groups excluding carboxylic acids is 4. The SMILES string of the molecule is C=C(NC(=O)C(=C)N1Cc2ccc(-c3ccc(NC(C)=O)cc3)cc2C1=O)C(=O)OC. The van der Waals surface area contributed by atoms with Crippen LogP contribution in [0.4, 0.5) is 5.69 Å². The Kier molecular flexibility index (Phi) is 6.01. The molecule has 158 valence electrons. The first-order chi connectivity index (χ1) is 14.7. The zero-order chi connectivity index (χ0) is 22.7. The molecule has 3 amide bonds. The second-order valence-electron chi connectivity index (χ2n) is 6.89. The molecule has 1 heterocycles. The first-order valence-corrected chi connectivity index (χ1v) is 9.31. The number of benzene rings is 2. The van der Waals surface area contributed by atoms with Gasteiger partial charge in [-0.2, -0.15) is 0 Å². The van der Waals surface area contributed by atoms with E-state index >= 15 is 0 Å². The van der Waals surface area contributed by atoms with Gasteiger partial charge in [0.1, 0.15) is 11.4 Å². The molecular formula is C23H21N3O5. The average Bonchev–Trinajstić information content (AvgIpc) is 3.08. The number of amides is 3. The fourth-order valence-electron chi connectivity index (χ4n) is 3.15. The summed E-state index contributed by atoms with van der Waals surface area (Å²) in [6.45, 7) is 8.74. The van der Waals surface area contributed by atoms with Crippen LogP contribution in [0.5, 0.6) is 0 Å². The van der Waals surface area contributed by atoms with Gasteiger partial charge in [0.2, 0.25) is 5.91 Å². The molecule has 2 aromatic rings. The van der Waals surface area contributed by atoms with Crippen LogP contribution in [0.2, 0.25) is 0 Å². The average molecular weight is 419 g/mol. The van der Waals surface area contributed by atoms with Gasteiger partial charge in [-0.1, -0.05) is 37.4 Å². The lowest BCUT2D eigenvalue weighted by atomic mass is 10.0. The van der Waals surface area contributed by atoms with Crippen molar-refractivity contribution in [2.45, 2.75) is 13.5 Å². The standard InChI is InChI=1S/C23H21N3O5/c1-13(23(30)31-4)24-21(28)14(2)26-12-18-6-5-17(11-20(18)22(26)29)16-7-9-19(10-8-16)25-15(3)27/h5-11H,1-2,12H2,3-4H3,(H,24,28)(H,25,27). The van der Waals surface area contributed by atoms with Crippen molar-refractivity contribution in [1.29, 1.82) is 0 Å². The normalized spacial score (nSPS) is 12.1. The number of fused-ring (bicyclic) bond motifs is 1. The molecule has 0 bridgehead atoms. The maximum Gasteiger partial charge on any atom is 0.353 e. The van der Waals surface area contributed by atoms with Crippen LogP contribution in [0, 0.1) is 0 Å². The van der Waals surface area contributed by atoms with E-state index in [-0.39, 0.29) is 29.8 Å². The molecule has 0 unspecified atom stereocenters. The van der Waals surface area contributed by atoms with Crippen LogP contribution in [0.15, 0.2) is 67.0 Å². The van der Waals surface area contributed by atoms with Gasteiger partial charge in [-0.05, 0) is 34.9 Å². The van der Waals surface area contributed by atoms with Crippen molar-refractivity contribution in [1.82, 2.24) is 10.2 Å². The predicted molar refractivity (Wildman–Crippen MR) is 114 cm³/mol. The molecule has 8 nitrogen and oxygen atoms in total. The topological polar surface area (TPSA) is 105 Å². The number of hydrogen-bond donors (Lipinski definition) is 2.